The summed E-state index contributed by atoms with van der Waals surface area (Å²) in [5.74, 6) is -0.944. The minimum absolute atomic E-state index is 0.466. The predicted molar refractivity (Wildman–Crippen MR) is 102 cm³/mol. The molecule has 0 rings (SSSR count). The number of hydrogen-bond donors (Lipinski definition) is 1. The first-order valence-electron chi connectivity index (χ1n) is 8.87. The standard InChI is InChI=1S/C20H31O3Si/c1-2-3-4-5-6-7-8-9-10-11-12-13-14-15-16-17-18-19(23-24)20(21)22/h6-7,9-10,12-13,15-16,19H,2-5,8,11,14,17-18H2,1H3,(H,21,22)/b7-6-,10-9-,13-12-,16-15-. The fourth-order valence-corrected chi connectivity index (χ4v) is 2.26. The van der Waals surface area contributed by atoms with Gasteiger partial charge in [0.05, 0.1) is 0 Å². The molecule has 0 aromatic carbocycles. The van der Waals surface area contributed by atoms with Crippen molar-refractivity contribution in [1.29, 1.82) is 0 Å². The van der Waals surface area contributed by atoms with Crippen LogP contribution in [0.15, 0.2) is 48.6 Å². The zero-order valence-electron chi connectivity index (χ0n) is 14.8. The Hall–Kier alpha value is -1.39. The Bertz CT molecular complexity index is 411. The van der Waals surface area contributed by atoms with E-state index in [0.29, 0.717) is 12.8 Å². The Morgan fingerprint density at radius 2 is 1.42 bits per heavy atom. The van der Waals surface area contributed by atoms with Gasteiger partial charge in [0.15, 0.2) is 0 Å². The smallest absolute Gasteiger partial charge is 0.331 e. The molecule has 0 saturated heterocycles. The van der Waals surface area contributed by atoms with Gasteiger partial charge in [-0.15, -0.1) is 0 Å². The Labute approximate surface area is 150 Å². The number of rotatable bonds is 15. The van der Waals surface area contributed by atoms with Crippen molar-refractivity contribution in [3.63, 3.8) is 0 Å². The lowest BCUT2D eigenvalue weighted by atomic mass is 10.2. The van der Waals surface area contributed by atoms with Crippen LogP contribution >= 0.6 is 0 Å². The normalized spacial score (nSPS) is 13.8. The SMILES string of the molecule is CCCCC/C=C\C/C=C\C/C=C\C/C=C\CCC(O[Si])C(=O)O. The van der Waals surface area contributed by atoms with Gasteiger partial charge in [0.1, 0.15) is 6.10 Å². The van der Waals surface area contributed by atoms with Gasteiger partial charge in [0.2, 0.25) is 10.5 Å². The van der Waals surface area contributed by atoms with Gasteiger partial charge >= 0.3 is 5.97 Å². The molecule has 3 radical (unpaired) electrons. The summed E-state index contributed by atoms with van der Waals surface area (Å²) in [6.45, 7) is 2.23. The van der Waals surface area contributed by atoms with Crippen molar-refractivity contribution >= 4 is 16.5 Å². The van der Waals surface area contributed by atoms with E-state index in [4.69, 9.17) is 5.11 Å². The number of carboxylic acids is 1. The number of carbonyl (C=O) groups is 1. The summed E-state index contributed by atoms with van der Waals surface area (Å²) < 4.78 is 4.68. The van der Waals surface area contributed by atoms with Crippen LogP contribution in [0.25, 0.3) is 0 Å². The molecule has 1 atom stereocenters. The molecule has 0 aromatic rings. The number of allylic oxidation sites excluding steroid dienone is 8. The zero-order valence-corrected chi connectivity index (χ0v) is 15.8. The minimum Gasteiger partial charge on any atom is -0.479 e. The third-order valence-corrected chi connectivity index (χ3v) is 3.76. The highest BCUT2D eigenvalue weighted by atomic mass is 28.2. The van der Waals surface area contributed by atoms with Gasteiger partial charge in [0.25, 0.3) is 0 Å². The molecule has 0 amide bonds. The molecular formula is C20H31O3Si. The van der Waals surface area contributed by atoms with Gasteiger partial charge in [-0.3, -0.25) is 0 Å². The van der Waals surface area contributed by atoms with E-state index in [1.165, 1.54) is 25.7 Å². The summed E-state index contributed by atoms with van der Waals surface area (Å²) in [7, 11) is 2.79. The largest absolute Gasteiger partial charge is 0.479 e. The van der Waals surface area contributed by atoms with Gasteiger partial charge in [0, 0.05) is 0 Å². The third-order valence-electron chi connectivity index (χ3n) is 3.47. The van der Waals surface area contributed by atoms with Gasteiger partial charge in [-0.2, -0.15) is 0 Å². The van der Waals surface area contributed by atoms with Crippen molar-refractivity contribution in [3.8, 4) is 0 Å². The molecule has 0 aliphatic heterocycles. The first kappa shape index (κ1) is 22.6. The molecule has 3 nitrogen and oxygen atoms in total. The van der Waals surface area contributed by atoms with Crippen LogP contribution in [-0.4, -0.2) is 27.7 Å². The van der Waals surface area contributed by atoms with Crippen LogP contribution in [0, 0.1) is 0 Å². The van der Waals surface area contributed by atoms with Gasteiger partial charge < -0.3 is 9.53 Å². The molecule has 0 aromatic heterocycles. The molecule has 0 fully saturated rings. The summed E-state index contributed by atoms with van der Waals surface area (Å²) in [6.07, 6.45) is 25.5. The summed E-state index contributed by atoms with van der Waals surface area (Å²) in [4.78, 5) is 10.7. The van der Waals surface area contributed by atoms with E-state index in [2.05, 4.69) is 58.3 Å². The number of hydrogen-bond acceptors (Lipinski definition) is 2. The molecule has 133 valence electrons. The van der Waals surface area contributed by atoms with Crippen LogP contribution in [-0.2, 0) is 9.22 Å². The van der Waals surface area contributed by atoms with E-state index >= 15 is 0 Å². The quantitative estimate of drug-likeness (QED) is 0.248. The minimum atomic E-state index is -0.944. The van der Waals surface area contributed by atoms with Crippen LogP contribution in [0.2, 0.25) is 0 Å². The molecule has 0 aliphatic carbocycles. The predicted octanol–water partition coefficient (Wildman–Crippen LogP) is 5.30. The van der Waals surface area contributed by atoms with Gasteiger partial charge in [-0.1, -0.05) is 68.4 Å². The van der Waals surface area contributed by atoms with Crippen molar-refractivity contribution in [2.45, 2.75) is 70.8 Å². The van der Waals surface area contributed by atoms with Crippen molar-refractivity contribution in [3.05, 3.63) is 48.6 Å². The average Bonchev–Trinajstić information content (AvgIpc) is 2.57. The molecule has 4 heteroatoms. The van der Waals surface area contributed by atoms with Crippen LogP contribution < -0.4 is 0 Å². The second-order valence-electron chi connectivity index (χ2n) is 5.61. The number of unbranched alkanes of at least 4 members (excludes halogenated alkanes) is 3. The van der Waals surface area contributed by atoms with Gasteiger partial charge in [-0.25, -0.2) is 4.79 Å². The second-order valence-corrected chi connectivity index (χ2v) is 5.85. The van der Waals surface area contributed by atoms with Crippen LogP contribution in [0.3, 0.4) is 0 Å². The topological polar surface area (TPSA) is 46.5 Å². The van der Waals surface area contributed by atoms with E-state index in [-0.39, 0.29) is 0 Å². The maximum atomic E-state index is 10.7. The summed E-state index contributed by atoms with van der Waals surface area (Å²) in [5.41, 5.74) is 0. The Kier molecular flexibility index (Phi) is 16.9. The molecule has 1 N–H and O–H groups in total. The maximum Gasteiger partial charge on any atom is 0.331 e. The highest BCUT2D eigenvalue weighted by Gasteiger charge is 2.13. The Balaban J connectivity index is 3.56. The lowest BCUT2D eigenvalue weighted by Gasteiger charge is -2.07. The average molecular weight is 348 g/mol. The number of aliphatic carboxylic acids is 1. The van der Waals surface area contributed by atoms with Crippen molar-refractivity contribution in [2.24, 2.45) is 0 Å². The molecule has 0 aliphatic rings. The van der Waals surface area contributed by atoms with E-state index in [1.807, 2.05) is 12.2 Å². The van der Waals surface area contributed by atoms with E-state index in [9.17, 15) is 4.79 Å². The molecule has 0 saturated carbocycles. The van der Waals surface area contributed by atoms with E-state index in [1.54, 1.807) is 0 Å². The van der Waals surface area contributed by atoms with E-state index in [0.717, 1.165) is 19.3 Å². The van der Waals surface area contributed by atoms with Crippen LogP contribution in [0.1, 0.15) is 64.7 Å². The summed E-state index contributed by atoms with van der Waals surface area (Å²) in [6, 6.07) is 0. The highest BCUT2D eigenvalue weighted by molar-refractivity contribution is 5.99. The molecule has 0 heterocycles. The number of carboxylic acid groups (broad SMARTS) is 1. The molecular weight excluding hydrogens is 316 g/mol. The third kappa shape index (κ3) is 15.5. The fraction of sp³-hybridized carbons (Fsp3) is 0.550. The molecule has 0 spiro atoms. The van der Waals surface area contributed by atoms with Gasteiger partial charge in [-0.05, 0) is 44.9 Å². The van der Waals surface area contributed by atoms with Crippen molar-refractivity contribution in [1.82, 2.24) is 0 Å². The van der Waals surface area contributed by atoms with E-state index < -0.39 is 12.1 Å². The van der Waals surface area contributed by atoms with Crippen LogP contribution in [0.5, 0.6) is 0 Å². The summed E-state index contributed by atoms with van der Waals surface area (Å²) in [5, 5.41) is 8.80. The molecule has 1 unspecified atom stereocenters. The second kappa shape index (κ2) is 18.0. The first-order chi connectivity index (χ1) is 11.7. The van der Waals surface area contributed by atoms with Crippen molar-refractivity contribution < 1.29 is 14.3 Å². The monoisotopic (exact) mass is 347 g/mol. The summed E-state index contributed by atoms with van der Waals surface area (Å²) >= 11 is 0. The van der Waals surface area contributed by atoms with Crippen molar-refractivity contribution in [2.75, 3.05) is 0 Å². The van der Waals surface area contributed by atoms with Crippen LogP contribution in [0.4, 0.5) is 0 Å². The lowest BCUT2D eigenvalue weighted by molar-refractivity contribution is -0.145. The fourth-order valence-electron chi connectivity index (χ4n) is 2.04. The zero-order chi connectivity index (χ0) is 17.9. The molecule has 24 heavy (non-hydrogen) atoms. The maximum absolute atomic E-state index is 10.7. The first-order valence-corrected chi connectivity index (χ1v) is 9.28. The highest BCUT2D eigenvalue weighted by Crippen LogP contribution is 2.03. The lowest BCUT2D eigenvalue weighted by Crippen LogP contribution is -2.22. The molecule has 0 bridgehead atoms. The Morgan fingerprint density at radius 3 is 1.88 bits per heavy atom. The Morgan fingerprint density at radius 1 is 0.917 bits per heavy atom.